The number of pyridine rings is 2. The van der Waals surface area contributed by atoms with Gasteiger partial charge in [-0.2, -0.15) is 0 Å². The molecule has 2 aromatic rings. The molecule has 5 nitrogen and oxygen atoms in total. The first-order valence-electron chi connectivity index (χ1n) is 4.90. The van der Waals surface area contributed by atoms with E-state index >= 15 is 0 Å². The van der Waals surface area contributed by atoms with Crippen molar-refractivity contribution in [2.45, 2.75) is 6.92 Å². The van der Waals surface area contributed by atoms with E-state index in [1.54, 1.807) is 25.3 Å². The molecule has 2 N–H and O–H groups in total. The molecule has 16 heavy (non-hydrogen) atoms. The summed E-state index contributed by atoms with van der Waals surface area (Å²) in [6.45, 7) is 2.04. The molecule has 2 rings (SSSR count). The zero-order valence-electron chi connectivity index (χ0n) is 8.80. The van der Waals surface area contributed by atoms with Crippen molar-refractivity contribution in [1.29, 1.82) is 0 Å². The molecule has 2 aromatic heterocycles. The molecule has 0 aromatic carbocycles. The molecule has 0 bridgehead atoms. The lowest BCUT2D eigenvalue weighted by molar-refractivity contribution is 0.0527. The molecular formula is C11H11N3O2. The molecule has 2 heterocycles. The molecular weight excluding hydrogens is 206 g/mol. The number of nitrogens with two attached hydrogens (primary N) is 1. The van der Waals surface area contributed by atoms with Crippen LogP contribution in [0.5, 0.6) is 0 Å². The third kappa shape index (κ3) is 1.67. The summed E-state index contributed by atoms with van der Waals surface area (Å²) in [6.07, 6.45) is 3.02. The molecule has 0 spiro atoms. The Morgan fingerprint density at radius 3 is 3.06 bits per heavy atom. The average molecular weight is 217 g/mol. The van der Waals surface area contributed by atoms with E-state index in [-0.39, 0.29) is 5.56 Å². The van der Waals surface area contributed by atoms with Gasteiger partial charge in [0.05, 0.1) is 17.8 Å². The SMILES string of the molecule is CCOC(=O)c1cnc2cccnc2c1N. The van der Waals surface area contributed by atoms with E-state index in [1.807, 2.05) is 0 Å². The number of hydrogen-bond donors (Lipinski definition) is 1. The summed E-state index contributed by atoms with van der Waals surface area (Å²) in [6, 6.07) is 3.55. The predicted molar refractivity (Wildman–Crippen MR) is 59.9 cm³/mol. The van der Waals surface area contributed by atoms with E-state index in [1.165, 1.54) is 6.20 Å². The number of hydrogen-bond acceptors (Lipinski definition) is 5. The Labute approximate surface area is 92.3 Å². The topological polar surface area (TPSA) is 78.1 Å². The number of carbonyl (C=O) groups excluding carboxylic acids is 1. The van der Waals surface area contributed by atoms with Crippen LogP contribution in [-0.4, -0.2) is 22.5 Å². The van der Waals surface area contributed by atoms with Gasteiger partial charge in [-0.25, -0.2) is 4.79 Å². The molecule has 82 valence electrons. The van der Waals surface area contributed by atoms with Crippen molar-refractivity contribution in [2.75, 3.05) is 12.3 Å². The molecule has 0 atom stereocenters. The minimum absolute atomic E-state index is 0.257. The van der Waals surface area contributed by atoms with E-state index in [0.29, 0.717) is 23.3 Å². The smallest absolute Gasteiger partial charge is 0.341 e. The van der Waals surface area contributed by atoms with Crippen molar-refractivity contribution in [3.63, 3.8) is 0 Å². The zero-order chi connectivity index (χ0) is 11.5. The predicted octanol–water partition coefficient (Wildman–Crippen LogP) is 1.39. The fourth-order valence-electron chi connectivity index (χ4n) is 1.41. The standard InChI is InChI=1S/C11H11N3O2/c1-2-16-11(15)7-6-14-8-4-3-5-13-10(8)9(7)12/h3-6H,2H2,1H3,(H2,12,14). The molecule has 0 fully saturated rings. The Bertz CT molecular complexity index is 540. The number of anilines is 1. The van der Waals surface area contributed by atoms with Crippen molar-refractivity contribution < 1.29 is 9.53 Å². The van der Waals surface area contributed by atoms with Crippen LogP contribution in [0.2, 0.25) is 0 Å². The van der Waals surface area contributed by atoms with Crippen molar-refractivity contribution in [3.8, 4) is 0 Å². The lowest BCUT2D eigenvalue weighted by Crippen LogP contribution is -2.09. The van der Waals surface area contributed by atoms with Gasteiger partial charge in [0.25, 0.3) is 0 Å². The molecule has 0 unspecified atom stereocenters. The number of ether oxygens (including phenoxy) is 1. The highest BCUT2D eigenvalue weighted by Crippen LogP contribution is 2.20. The van der Waals surface area contributed by atoms with Crippen LogP contribution in [0.3, 0.4) is 0 Å². The second kappa shape index (κ2) is 4.14. The van der Waals surface area contributed by atoms with Crippen LogP contribution in [0, 0.1) is 0 Å². The fraction of sp³-hybridized carbons (Fsp3) is 0.182. The number of fused-ring (bicyclic) bond motifs is 1. The molecule has 0 radical (unpaired) electrons. The van der Waals surface area contributed by atoms with Crippen LogP contribution in [0.25, 0.3) is 11.0 Å². The van der Waals surface area contributed by atoms with Gasteiger partial charge in [-0.3, -0.25) is 9.97 Å². The van der Waals surface area contributed by atoms with Gasteiger partial charge in [-0.1, -0.05) is 0 Å². The Morgan fingerprint density at radius 2 is 2.31 bits per heavy atom. The highest BCUT2D eigenvalue weighted by atomic mass is 16.5. The van der Waals surface area contributed by atoms with E-state index in [0.717, 1.165) is 0 Å². The van der Waals surface area contributed by atoms with Crippen LogP contribution in [0.15, 0.2) is 24.5 Å². The van der Waals surface area contributed by atoms with Crippen LogP contribution in [-0.2, 0) is 4.74 Å². The summed E-state index contributed by atoms with van der Waals surface area (Å²) in [4.78, 5) is 19.7. The summed E-state index contributed by atoms with van der Waals surface area (Å²) in [5.41, 5.74) is 7.60. The maximum absolute atomic E-state index is 11.5. The van der Waals surface area contributed by atoms with Crippen molar-refractivity contribution in [2.24, 2.45) is 0 Å². The number of carbonyl (C=O) groups is 1. The van der Waals surface area contributed by atoms with Crippen LogP contribution in [0.4, 0.5) is 5.69 Å². The van der Waals surface area contributed by atoms with Gasteiger partial charge in [0, 0.05) is 12.4 Å². The second-order valence-corrected chi connectivity index (χ2v) is 3.18. The van der Waals surface area contributed by atoms with E-state index in [4.69, 9.17) is 10.5 Å². The third-order valence-electron chi connectivity index (χ3n) is 2.16. The van der Waals surface area contributed by atoms with Crippen LogP contribution in [0.1, 0.15) is 17.3 Å². The van der Waals surface area contributed by atoms with E-state index in [2.05, 4.69) is 9.97 Å². The first-order valence-corrected chi connectivity index (χ1v) is 4.90. The lowest BCUT2D eigenvalue weighted by Gasteiger charge is -2.06. The minimum Gasteiger partial charge on any atom is -0.462 e. The molecule has 0 aliphatic rings. The number of nitrogen functional groups attached to an aromatic ring is 1. The first kappa shape index (κ1) is 10.4. The Hall–Kier alpha value is -2.17. The maximum atomic E-state index is 11.5. The summed E-state index contributed by atoms with van der Waals surface area (Å²) in [7, 11) is 0. The highest BCUT2D eigenvalue weighted by Gasteiger charge is 2.14. The summed E-state index contributed by atoms with van der Waals surface area (Å²) < 4.78 is 4.87. The quantitative estimate of drug-likeness (QED) is 0.769. The number of nitrogens with zero attached hydrogens (tertiary/aromatic N) is 2. The Balaban J connectivity index is 2.56. The van der Waals surface area contributed by atoms with Gasteiger partial charge in [-0.05, 0) is 19.1 Å². The van der Waals surface area contributed by atoms with Crippen molar-refractivity contribution in [1.82, 2.24) is 9.97 Å². The molecule has 0 aliphatic heterocycles. The number of aromatic nitrogens is 2. The second-order valence-electron chi connectivity index (χ2n) is 3.18. The zero-order valence-corrected chi connectivity index (χ0v) is 8.80. The summed E-state index contributed by atoms with van der Waals surface area (Å²) in [5, 5.41) is 0. The summed E-state index contributed by atoms with van der Waals surface area (Å²) >= 11 is 0. The van der Waals surface area contributed by atoms with Gasteiger partial charge in [0.2, 0.25) is 0 Å². The molecule has 0 saturated heterocycles. The maximum Gasteiger partial charge on any atom is 0.341 e. The molecule has 0 amide bonds. The van der Waals surface area contributed by atoms with Gasteiger partial charge >= 0.3 is 5.97 Å². The summed E-state index contributed by atoms with van der Waals surface area (Å²) in [5.74, 6) is -0.472. The fourth-order valence-corrected chi connectivity index (χ4v) is 1.41. The Kier molecular flexibility index (Phi) is 2.68. The Morgan fingerprint density at radius 1 is 1.50 bits per heavy atom. The molecule has 5 heteroatoms. The van der Waals surface area contributed by atoms with Gasteiger partial charge in [0.1, 0.15) is 11.1 Å². The van der Waals surface area contributed by atoms with Crippen LogP contribution < -0.4 is 5.73 Å². The minimum atomic E-state index is -0.472. The van der Waals surface area contributed by atoms with Crippen molar-refractivity contribution >= 4 is 22.7 Å². The van der Waals surface area contributed by atoms with Gasteiger partial charge in [-0.15, -0.1) is 0 Å². The third-order valence-corrected chi connectivity index (χ3v) is 2.16. The largest absolute Gasteiger partial charge is 0.462 e. The monoisotopic (exact) mass is 217 g/mol. The van der Waals surface area contributed by atoms with Crippen LogP contribution >= 0.6 is 0 Å². The number of rotatable bonds is 2. The van der Waals surface area contributed by atoms with E-state index in [9.17, 15) is 4.79 Å². The lowest BCUT2D eigenvalue weighted by atomic mass is 10.2. The first-order chi connectivity index (χ1) is 7.74. The molecule has 0 aliphatic carbocycles. The van der Waals surface area contributed by atoms with Gasteiger partial charge < -0.3 is 10.5 Å². The number of esters is 1. The molecule has 0 saturated carbocycles. The van der Waals surface area contributed by atoms with E-state index < -0.39 is 5.97 Å². The highest BCUT2D eigenvalue weighted by molar-refractivity contribution is 6.02. The average Bonchev–Trinajstić information content (AvgIpc) is 2.30. The van der Waals surface area contributed by atoms with Gasteiger partial charge in [0.15, 0.2) is 0 Å². The normalized spacial score (nSPS) is 10.3. The van der Waals surface area contributed by atoms with Crippen molar-refractivity contribution in [3.05, 3.63) is 30.1 Å².